The number of hydrogen-bond acceptors (Lipinski definition) is 7. The van der Waals surface area contributed by atoms with Gasteiger partial charge < -0.3 is 14.7 Å². The lowest BCUT2D eigenvalue weighted by Gasteiger charge is -2.34. The van der Waals surface area contributed by atoms with E-state index in [1.807, 2.05) is 25.1 Å². The fourth-order valence-electron chi connectivity index (χ4n) is 4.73. The molecule has 9 nitrogen and oxygen atoms in total. The van der Waals surface area contributed by atoms with Crippen molar-refractivity contribution in [1.82, 2.24) is 19.1 Å². The molecule has 3 heterocycles. The largest absolute Gasteiger partial charge is 0.504 e. The van der Waals surface area contributed by atoms with E-state index in [9.17, 15) is 14.7 Å². The van der Waals surface area contributed by atoms with Crippen LogP contribution in [-0.4, -0.2) is 44.4 Å². The minimum Gasteiger partial charge on any atom is -0.504 e. The highest BCUT2D eigenvalue weighted by Gasteiger charge is 2.26. The van der Waals surface area contributed by atoms with Crippen molar-refractivity contribution in [2.24, 2.45) is 7.05 Å². The van der Waals surface area contributed by atoms with Crippen LogP contribution in [0.4, 0.5) is 5.82 Å². The average Bonchev–Trinajstić information content (AvgIpc) is 2.82. The molecule has 0 saturated carbocycles. The third-order valence-electron chi connectivity index (χ3n) is 6.50. The summed E-state index contributed by atoms with van der Waals surface area (Å²) in [6, 6.07) is 8.68. The van der Waals surface area contributed by atoms with E-state index in [4.69, 9.17) is 4.74 Å². The van der Waals surface area contributed by atoms with Gasteiger partial charge in [0.1, 0.15) is 12.1 Å². The number of aromatic hydroxyl groups is 1. The number of aromatic nitrogens is 4. The van der Waals surface area contributed by atoms with Crippen LogP contribution < -0.4 is 20.9 Å². The lowest BCUT2D eigenvalue weighted by Crippen LogP contribution is -2.45. The lowest BCUT2D eigenvalue weighted by molar-refractivity contribution is 0.370. The Kier molecular flexibility index (Phi) is 5.03. The van der Waals surface area contributed by atoms with Crippen molar-refractivity contribution < 1.29 is 9.84 Å². The van der Waals surface area contributed by atoms with Gasteiger partial charge in [0.25, 0.3) is 5.56 Å². The summed E-state index contributed by atoms with van der Waals surface area (Å²) in [5, 5.41) is 11.4. The summed E-state index contributed by atoms with van der Waals surface area (Å²) in [7, 11) is 3.21. The van der Waals surface area contributed by atoms with Gasteiger partial charge in [0.05, 0.1) is 23.5 Å². The van der Waals surface area contributed by atoms with Crippen LogP contribution in [0.15, 0.2) is 46.2 Å². The maximum atomic E-state index is 13.3. The SMILES string of the molecule is COc1cc2c(N3CCC(n4c(=O)c5cc(C)ccc5n(C)c4=O)CC3)ncnc2cc1O. The van der Waals surface area contributed by atoms with Gasteiger partial charge in [0, 0.05) is 37.6 Å². The molecule has 1 aliphatic rings. The Morgan fingerprint density at radius 2 is 1.82 bits per heavy atom. The molecule has 0 atom stereocenters. The maximum Gasteiger partial charge on any atom is 0.331 e. The number of methoxy groups -OCH3 is 1. The van der Waals surface area contributed by atoms with Gasteiger partial charge in [-0.1, -0.05) is 11.6 Å². The second kappa shape index (κ2) is 7.91. The fraction of sp³-hybridized carbons (Fsp3) is 0.333. The highest BCUT2D eigenvalue weighted by atomic mass is 16.5. The highest BCUT2D eigenvalue weighted by molar-refractivity contribution is 5.92. The first-order valence-electron chi connectivity index (χ1n) is 10.9. The van der Waals surface area contributed by atoms with Crippen molar-refractivity contribution in [1.29, 1.82) is 0 Å². The second-order valence-electron chi connectivity index (χ2n) is 8.49. The van der Waals surface area contributed by atoms with Crippen molar-refractivity contribution >= 4 is 27.6 Å². The van der Waals surface area contributed by atoms with Crippen molar-refractivity contribution in [2.45, 2.75) is 25.8 Å². The number of aryl methyl sites for hydroxylation is 2. The Morgan fingerprint density at radius 1 is 1.06 bits per heavy atom. The van der Waals surface area contributed by atoms with Crippen molar-refractivity contribution in [3.8, 4) is 11.5 Å². The molecule has 5 rings (SSSR count). The van der Waals surface area contributed by atoms with Crippen LogP contribution in [-0.2, 0) is 7.05 Å². The van der Waals surface area contributed by atoms with Crippen LogP contribution in [0.3, 0.4) is 0 Å². The van der Waals surface area contributed by atoms with E-state index in [2.05, 4.69) is 14.9 Å². The first kappa shape index (κ1) is 21.0. The zero-order chi connectivity index (χ0) is 23.3. The van der Waals surface area contributed by atoms with Gasteiger partial charge in [0.2, 0.25) is 0 Å². The summed E-state index contributed by atoms with van der Waals surface area (Å²) in [6.07, 6.45) is 2.74. The molecule has 4 aromatic rings. The molecule has 2 aromatic heterocycles. The number of piperidine rings is 1. The number of fused-ring (bicyclic) bond motifs is 2. The molecule has 1 aliphatic heterocycles. The topological polar surface area (TPSA) is 102 Å². The Balaban J connectivity index is 1.49. The van der Waals surface area contributed by atoms with Crippen LogP contribution in [0.2, 0.25) is 0 Å². The lowest BCUT2D eigenvalue weighted by atomic mass is 10.0. The van der Waals surface area contributed by atoms with E-state index in [0.29, 0.717) is 48.1 Å². The zero-order valence-corrected chi connectivity index (χ0v) is 18.8. The van der Waals surface area contributed by atoms with Crippen LogP contribution >= 0.6 is 0 Å². The second-order valence-corrected chi connectivity index (χ2v) is 8.49. The molecular formula is C24H25N5O4. The van der Waals surface area contributed by atoms with Gasteiger partial charge >= 0.3 is 5.69 Å². The van der Waals surface area contributed by atoms with E-state index in [-0.39, 0.29) is 23.0 Å². The van der Waals surface area contributed by atoms with Gasteiger partial charge in [-0.3, -0.25) is 13.9 Å². The summed E-state index contributed by atoms with van der Waals surface area (Å²) in [6.45, 7) is 3.19. The predicted molar refractivity (Wildman–Crippen MR) is 126 cm³/mol. The quantitative estimate of drug-likeness (QED) is 0.515. The first-order chi connectivity index (χ1) is 15.9. The number of phenols is 1. The molecule has 33 heavy (non-hydrogen) atoms. The number of anilines is 1. The predicted octanol–water partition coefficient (Wildman–Crippen LogP) is 2.51. The van der Waals surface area contributed by atoms with Crippen LogP contribution in [0.5, 0.6) is 11.5 Å². The van der Waals surface area contributed by atoms with Crippen molar-refractivity contribution in [2.75, 3.05) is 25.1 Å². The van der Waals surface area contributed by atoms with E-state index in [1.165, 1.54) is 18.0 Å². The van der Waals surface area contributed by atoms with Gasteiger partial charge in [0.15, 0.2) is 11.5 Å². The molecule has 9 heteroatoms. The van der Waals surface area contributed by atoms with E-state index >= 15 is 0 Å². The first-order valence-corrected chi connectivity index (χ1v) is 10.9. The monoisotopic (exact) mass is 447 g/mol. The van der Waals surface area contributed by atoms with Crippen LogP contribution in [0.25, 0.3) is 21.8 Å². The van der Waals surface area contributed by atoms with E-state index in [0.717, 1.165) is 16.8 Å². The summed E-state index contributed by atoms with van der Waals surface area (Å²) in [5.41, 5.74) is 1.73. The summed E-state index contributed by atoms with van der Waals surface area (Å²) in [4.78, 5) is 37.2. The minimum atomic E-state index is -0.289. The van der Waals surface area contributed by atoms with Crippen molar-refractivity contribution in [3.63, 3.8) is 0 Å². The standard InChI is InChI=1S/C24H25N5O4/c1-14-4-5-19-17(10-14)23(31)29(24(32)27(19)2)15-6-8-28(9-7-15)22-16-11-21(33-3)20(30)12-18(16)25-13-26-22/h4-5,10-13,15,30H,6-9H2,1-3H3. The van der Waals surface area contributed by atoms with Crippen LogP contribution in [0.1, 0.15) is 24.4 Å². The fourth-order valence-corrected chi connectivity index (χ4v) is 4.73. The van der Waals surface area contributed by atoms with E-state index in [1.54, 1.807) is 23.7 Å². The molecule has 1 saturated heterocycles. The zero-order valence-electron chi connectivity index (χ0n) is 18.8. The van der Waals surface area contributed by atoms with Gasteiger partial charge in [-0.2, -0.15) is 0 Å². The average molecular weight is 447 g/mol. The molecule has 2 aromatic carbocycles. The number of benzene rings is 2. The molecule has 0 unspecified atom stereocenters. The Bertz CT molecular complexity index is 1500. The normalized spacial score (nSPS) is 14.8. The number of phenolic OH excluding ortho intramolecular Hbond substituents is 1. The smallest absolute Gasteiger partial charge is 0.331 e. The Morgan fingerprint density at radius 3 is 2.55 bits per heavy atom. The molecule has 0 amide bonds. The molecule has 1 N–H and O–H groups in total. The highest BCUT2D eigenvalue weighted by Crippen LogP contribution is 2.35. The van der Waals surface area contributed by atoms with Gasteiger partial charge in [-0.05, 0) is 38.0 Å². The summed E-state index contributed by atoms with van der Waals surface area (Å²) in [5.74, 6) is 1.12. The minimum absolute atomic E-state index is 0.0233. The number of rotatable bonds is 3. The Hall–Kier alpha value is -3.88. The number of ether oxygens (including phenoxy) is 1. The van der Waals surface area contributed by atoms with Gasteiger partial charge in [-0.25, -0.2) is 14.8 Å². The third kappa shape index (κ3) is 3.40. The molecule has 0 spiro atoms. The van der Waals surface area contributed by atoms with Gasteiger partial charge in [-0.15, -0.1) is 0 Å². The molecule has 0 aliphatic carbocycles. The number of hydrogen-bond donors (Lipinski definition) is 1. The summed E-state index contributed by atoms with van der Waals surface area (Å²) < 4.78 is 8.22. The molecular weight excluding hydrogens is 422 g/mol. The molecule has 0 bridgehead atoms. The Labute approximate surface area is 189 Å². The number of nitrogens with zero attached hydrogens (tertiary/aromatic N) is 5. The summed E-state index contributed by atoms with van der Waals surface area (Å²) >= 11 is 0. The maximum absolute atomic E-state index is 13.3. The van der Waals surface area contributed by atoms with E-state index < -0.39 is 0 Å². The molecule has 170 valence electrons. The van der Waals surface area contributed by atoms with Crippen LogP contribution in [0, 0.1) is 6.92 Å². The molecule has 1 fully saturated rings. The van der Waals surface area contributed by atoms with Crippen molar-refractivity contribution in [3.05, 3.63) is 63.1 Å². The third-order valence-corrected chi connectivity index (χ3v) is 6.50. The molecule has 0 radical (unpaired) electrons.